The molecule has 0 saturated carbocycles. The zero-order valence-corrected chi connectivity index (χ0v) is 14.7. The lowest BCUT2D eigenvalue weighted by Crippen LogP contribution is -2.51. The van der Waals surface area contributed by atoms with E-state index in [4.69, 9.17) is 4.42 Å². The smallest absolute Gasteiger partial charge is 0.253 e. The number of carbonyl (C=O) groups is 2. The molecule has 25 heavy (non-hydrogen) atoms. The second kappa shape index (κ2) is 7.13. The first kappa shape index (κ1) is 17.3. The van der Waals surface area contributed by atoms with E-state index in [-0.39, 0.29) is 11.8 Å². The summed E-state index contributed by atoms with van der Waals surface area (Å²) in [6.45, 7) is 5.40. The Hall–Kier alpha value is -2.56. The molecule has 1 aromatic carbocycles. The van der Waals surface area contributed by atoms with E-state index in [1.54, 1.807) is 11.2 Å². The zero-order valence-electron chi connectivity index (χ0n) is 14.7. The summed E-state index contributed by atoms with van der Waals surface area (Å²) < 4.78 is 5.26. The minimum absolute atomic E-state index is 0.00926. The van der Waals surface area contributed by atoms with Crippen LogP contribution in [0.15, 0.2) is 47.1 Å². The van der Waals surface area contributed by atoms with Gasteiger partial charge in [0.05, 0.1) is 11.7 Å². The van der Waals surface area contributed by atoms with Crippen LogP contribution in [0.3, 0.4) is 0 Å². The maximum atomic E-state index is 12.8. The maximum Gasteiger partial charge on any atom is 0.253 e. The molecular formula is C20H24N2O3. The van der Waals surface area contributed by atoms with Crippen LogP contribution in [-0.2, 0) is 11.3 Å². The van der Waals surface area contributed by atoms with E-state index in [0.717, 1.165) is 24.2 Å². The fourth-order valence-corrected chi connectivity index (χ4v) is 3.34. The molecule has 3 rings (SSSR count). The Morgan fingerprint density at radius 1 is 1.24 bits per heavy atom. The Bertz CT molecular complexity index is 753. The van der Waals surface area contributed by atoms with Crippen molar-refractivity contribution in [2.75, 3.05) is 13.1 Å². The minimum atomic E-state index is -0.569. The first-order valence-corrected chi connectivity index (χ1v) is 8.65. The van der Waals surface area contributed by atoms with Gasteiger partial charge in [-0.1, -0.05) is 18.2 Å². The molecule has 0 spiro atoms. The number of furan rings is 1. The zero-order chi connectivity index (χ0) is 17.9. The fraction of sp³-hybridized carbons (Fsp3) is 0.400. The van der Waals surface area contributed by atoms with E-state index >= 15 is 0 Å². The SMILES string of the molecule is Cc1occc1CNC(=O)[C@]1(C)CCCN(C(=O)c2ccccc2)C1. The molecule has 0 bridgehead atoms. The fourth-order valence-electron chi connectivity index (χ4n) is 3.34. The second-order valence-corrected chi connectivity index (χ2v) is 6.94. The summed E-state index contributed by atoms with van der Waals surface area (Å²) in [7, 11) is 0. The van der Waals surface area contributed by atoms with Gasteiger partial charge in [0.1, 0.15) is 5.76 Å². The molecule has 0 aliphatic carbocycles. The van der Waals surface area contributed by atoms with Crippen molar-refractivity contribution in [1.82, 2.24) is 10.2 Å². The van der Waals surface area contributed by atoms with Gasteiger partial charge < -0.3 is 14.6 Å². The minimum Gasteiger partial charge on any atom is -0.469 e. The Labute approximate surface area is 148 Å². The molecule has 1 aromatic heterocycles. The molecule has 1 aliphatic rings. The first-order valence-electron chi connectivity index (χ1n) is 8.65. The predicted molar refractivity (Wildman–Crippen MR) is 95.0 cm³/mol. The Kier molecular flexibility index (Phi) is 4.93. The van der Waals surface area contributed by atoms with Crippen LogP contribution in [0.2, 0.25) is 0 Å². The third kappa shape index (κ3) is 3.76. The van der Waals surface area contributed by atoms with Gasteiger partial charge in [0.2, 0.25) is 5.91 Å². The van der Waals surface area contributed by atoms with Crippen LogP contribution in [0.1, 0.15) is 41.4 Å². The van der Waals surface area contributed by atoms with Crippen molar-refractivity contribution in [2.45, 2.75) is 33.2 Å². The number of amides is 2. The quantitative estimate of drug-likeness (QED) is 0.930. The second-order valence-electron chi connectivity index (χ2n) is 6.94. The van der Waals surface area contributed by atoms with Gasteiger partial charge in [-0.2, -0.15) is 0 Å². The predicted octanol–water partition coefficient (Wildman–Crippen LogP) is 3.15. The first-order chi connectivity index (χ1) is 12.0. The maximum absolute atomic E-state index is 12.8. The van der Waals surface area contributed by atoms with Gasteiger partial charge >= 0.3 is 0 Å². The summed E-state index contributed by atoms with van der Waals surface area (Å²) in [4.78, 5) is 27.2. The van der Waals surface area contributed by atoms with Gasteiger partial charge in [0, 0.05) is 30.8 Å². The molecule has 2 heterocycles. The number of aryl methyl sites for hydroxylation is 1. The van der Waals surface area contributed by atoms with E-state index in [2.05, 4.69) is 5.32 Å². The van der Waals surface area contributed by atoms with Crippen molar-refractivity contribution in [3.05, 3.63) is 59.5 Å². The number of nitrogens with zero attached hydrogens (tertiary/aromatic N) is 1. The molecule has 1 aliphatic heterocycles. The van der Waals surface area contributed by atoms with Crippen LogP contribution in [0.5, 0.6) is 0 Å². The number of carbonyl (C=O) groups excluding carboxylic acids is 2. The number of likely N-dealkylation sites (tertiary alicyclic amines) is 1. The normalized spacial score (nSPS) is 20.3. The van der Waals surface area contributed by atoms with Crippen molar-refractivity contribution >= 4 is 11.8 Å². The Morgan fingerprint density at radius 2 is 2.00 bits per heavy atom. The number of nitrogens with one attached hydrogen (secondary N) is 1. The monoisotopic (exact) mass is 340 g/mol. The Balaban J connectivity index is 1.65. The number of rotatable bonds is 4. The lowest BCUT2D eigenvalue weighted by molar-refractivity contribution is -0.132. The van der Waals surface area contributed by atoms with E-state index < -0.39 is 5.41 Å². The van der Waals surface area contributed by atoms with E-state index in [1.165, 1.54) is 0 Å². The van der Waals surface area contributed by atoms with E-state index in [1.807, 2.05) is 50.2 Å². The van der Waals surface area contributed by atoms with Crippen LogP contribution < -0.4 is 5.32 Å². The summed E-state index contributed by atoms with van der Waals surface area (Å²) in [6.07, 6.45) is 3.23. The van der Waals surface area contributed by atoms with Crippen LogP contribution in [0.4, 0.5) is 0 Å². The van der Waals surface area contributed by atoms with Gasteiger partial charge in [0.15, 0.2) is 0 Å². The molecule has 0 unspecified atom stereocenters. The summed E-state index contributed by atoms with van der Waals surface area (Å²) >= 11 is 0. The molecule has 2 aromatic rings. The average molecular weight is 340 g/mol. The molecule has 2 amide bonds. The summed E-state index contributed by atoms with van der Waals surface area (Å²) in [5, 5.41) is 3.00. The van der Waals surface area contributed by atoms with Crippen molar-refractivity contribution in [2.24, 2.45) is 5.41 Å². The standard InChI is InChI=1S/C20H24N2O3/c1-15-17(9-12-25-15)13-21-19(24)20(2)10-6-11-22(14-20)18(23)16-7-4-3-5-8-16/h3-5,7-9,12H,6,10-11,13-14H2,1-2H3,(H,21,24)/t20-/m1/s1. The van der Waals surface area contributed by atoms with Gasteiger partial charge in [-0.05, 0) is 44.9 Å². The van der Waals surface area contributed by atoms with Crippen LogP contribution in [-0.4, -0.2) is 29.8 Å². The molecule has 5 nitrogen and oxygen atoms in total. The molecule has 5 heteroatoms. The topological polar surface area (TPSA) is 62.6 Å². The van der Waals surface area contributed by atoms with Gasteiger partial charge in [-0.15, -0.1) is 0 Å². The molecule has 1 atom stereocenters. The van der Waals surface area contributed by atoms with E-state index in [0.29, 0.717) is 25.2 Å². The number of hydrogen-bond donors (Lipinski definition) is 1. The number of benzene rings is 1. The number of hydrogen-bond acceptors (Lipinski definition) is 3. The van der Waals surface area contributed by atoms with Crippen molar-refractivity contribution in [1.29, 1.82) is 0 Å². The summed E-state index contributed by atoms with van der Waals surface area (Å²) in [6, 6.07) is 11.1. The van der Waals surface area contributed by atoms with Crippen molar-refractivity contribution in [3.63, 3.8) is 0 Å². The van der Waals surface area contributed by atoms with Crippen LogP contribution in [0, 0.1) is 12.3 Å². The number of piperidine rings is 1. The van der Waals surface area contributed by atoms with Gasteiger partial charge in [-0.3, -0.25) is 9.59 Å². The molecule has 1 saturated heterocycles. The molecule has 0 radical (unpaired) electrons. The Morgan fingerprint density at radius 3 is 2.68 bits per heavy atom. The highest BCUT2D eigenvalue weighted by Gasteiger charge is 2.39. The molecule has 132 valence electrons. The average Bonchev–Trinajstić information content (AvgIpc) is 3.04. The highest BCUT2D eigenvalue weighted by molar-refractivity contribution is 5.95. The highest BCUT2D eigenvalue weighted by atomic mass is 16.3. The highest BCUT2D eigenvalue weighted by Crippen LogP contribution is 2.30. The van der Waals surface area contributed by atoms with Crippen molar-refractivity contribution in [3.8, 4) is 0 Å². The molecule has 1 fully saturated rings. The largest absolute Gasteiger partial charge is 0.469 e. The molecule has 1 N–H and O–H groups in total. The summed E-state index contributed by atoms with van der Waals surface area (Å²) in [5.41, 5.74) is 1.08. The van der Waals surface area contributed by atoms with E-state index in [9.17, 15) is 9.59 Å². The molecular weight excluding hydrogens is 316 g/mol. The van der Waals surface area contributed by atoms with Crippen molar-refractivity contribution < 1.29 is 14.0 Å². The van der Waals surface area contributed by atoms with Gasteiger partial charge in [0.25, 0.3) is 5.91 Å². The summed E-state index contributed by atoms with van der Waals surface area (Å²) in [5.74, 6) is 0.790. The van der Waals surface area contributed by atoms with Gasteiger partial charge in [-0.25, -0.2) is 0 Å². The van der Waals surface area contributed by atoms with Crippen LogP contribution >= 0.6 is 0 Å². The lowest BCUT2D eigenvalue weighted by atomic mass is 9.80. The third-order valence-corrected chi connectivity index (χ3v) is 4.96. The van der Waals surface area contributed by atoms with Crippen LogP contribution in [0.25, 0.3) is 0 Å². The third-order valence-electron chi connectivity index (χ3n) is 4.96. The lowest BCUT2D eigenvalue weighted by Gasteiger charge is -2.39.